The Balaban J connectivity index is 1.44. The Bertz CT molecular complexity index is 808. The zero-order valence-corrected chi connectivity index (χ0v) is 16.6. The molecule has 1 unspecified atom stereocenters. The molecule has 1 N–H and O–H groups in total. The van der Waals surface area contributed by atoms with Gasteiger partial charge in [-0.25, -0.2) is 0 Å². The molecule has 7 heteroatoms. The zero-order valence-electron chi connectivity index (χ0n) is 15.8. The molecule has 0 bridgehead atoms. The molecule has 148 valence electrons. The number of nitrogens with one attached hydrogen (secondary N) is 1. The summed E-state index contributed by atoms with van der Waals surface area (Å²) in [5.74, 6) is 0.371. The number of amides is 2. The van der Waals surface area contributed by atoms with Gasteiger partial charge in [0.05, 0.1) is 11.6 Å². The van der Waals surface area contributed by atoms with Gasteiger partial charge >= 0.3 is 0 Å². The van der Waals surface area contributed by atoms with Crippen molar-refractivity contribution in [1.29, 1.82) is 0 Å². The highest BCUT2D eigenvalue weighted by atomic mass is 35.5. The molecular weight excluding hydrogens is 378 g/mol. The van der Waals surface area contributed by atoms with E-state index in [4.69, 9.17) is 16.3 Å². The Morgan fingerprint density at radius 1 is 1.04 bits per heavy atom. The lowest BCUT2D eigenvalue weighted by Gasteiger charge is -2.35. The number of nitrogens with zero attached hydrogens (tertiary/aromatic N) is 2. The van der Waals surface area contributed by atoms with Crippen LogP contribution in [0, 0.1) is 0 Å². The van der Waals surface area contributed by atoms with Crippen LogP contribution in [-0.2, 0) is 9.59 Å². The molecule has 1 aliphatic heterocycles. The first kappa shape index (κ1) is 20.2. The molecule has 1 saturated heterocycles. The standard InChI is InChI=1S/C21H24ClN3O3/c1-16(28-19-10-6-5-9-18(19)22)21(27)25-13-11-24(12-14-25)15-20(26)23-17-7-3-2-4-8-17/h2-10,16H,11-15H2,1H3,(H,23,26). The molecule has 6 nitrogen and oxygen atoms in total. The van der Waals surface area contributed by atoms with E-state index in [1.165, 1.54) is 0 Å². The Labute approximate surface area is 170 Å². The van der Waals surface area contributed by atoms with Crippen molar-refractivity contribution < 1.29 is 14.3 Å². The van der Waals surface area contributed by atoms with Crippen molar-refractivity contribution in [3.8, 4) is 5.75 Å². The number of benzene rings is 2. The van der Waals surface area contributed by atoms with Crippen molar-refractivity contribution in [3.05, 3.63) is 59.6 Å². The van der Waals surface area contributed by atoms with Gasteiger partial charge in [-0.2, -0.15) is 0 Å². The van der Waals surface area contributed by atoms with Gasteiger partial charge in [-0.1, -0.05) is 41.9 Å². The number of halogens is 1. The van der Waals surface area contributed by atoms with E-state index in [-0.39, 0.29) is 11.8 Å². The largest absolute Gasteiger partial charge is 0.479 e. The summed E-state index contributed by atoms with van der Waals surface area (Å²) in [4.78, 5) is 28.6. The van der Waals surface area contributed by atoms with Crippen LogP contribution >= 0.6 is 11.6 Å². The Morgan fingerprint density at radius 3 is 2.36 bits per heavy atom. The average molecular weight is 402 g/mol. The third-order valence-corrected chi connectivity index (χ3v) is 4.91. The fourth-order valence-electron chi connectivity index (χ4n) is 3.09. The van der Waals surface area contributed by atoms with Crippen LogP contribution in [0.25, 0.3) is 0 Å². The predicted octanol–water partition coefficient (Wildman–Crippen LogP) is 2.89. The van der Waals surface area contributed by atoms with E-state index in [1.54, 1.807) is 24.0 Å². The molecule has 3 rings (SSSR count). The predicted molar refractivity (Wildman–Crippen MR) is 110 cm³/mol. The number of piperazine rings is 1. The normalized spacial score (nSPS) is 15.7. The number of anilines is 1. The van der Waals surface area contributed by atoms with E-state index in [0.29, 0.717) is 43.5 Å². The van der Waals surface area contributed by atoms with Crippen LogP contribution < -0.4 is 10.1 Å². The lowest BCUT2D eigenvalue weighted by Crippen LogP contribution is -2.53. The van der Waals surface area contributed by atoms with Crippen LogP contribution in [0.1, 0.15) is 6.92 Å². The lowest BCUT2D eigenvalue weighted by atomic mass is 10.2. The smallest absolute Gasteiger partial charge is 0.263 e. The lowest BCUT2D eigenvalue weighted by molar-refractivity contribution is -0.139. The summed E-state index contributed by atoms with van der Waals surface area (Å²) in [6.07, 6.45) is -0.618. The Morgan fingerprint density at radius 2 is 1.68 bits per heavy atom. The Hall–Kier alpha value is -2.57. The van der Waals surface area contributed by atoms with E-state index in [1.807, 2.05) is 47.4 Å². The van der Waals surface area contributed by atoms with Crippen molar-refractivity contribution in [2.45, 2.75) is 13.0 Å². The van der Waals surface area contributed by atoms with Crippen LogP contribution in [0.2, 0.25) is 5.02 Å². The molecule has 0 aromatic heterocycles. The van der Waals surface area contributed by atoms with Crippen LogP contribution in [0.5, 0.6) is 5.75 Å². The SMILES string of the molecule is CC(Oc1ccccc1Cl)C(=O)N1CCN(CC(=O)Nc2ccccc2)CC1. The van der Waals surface area contributed by atoms with Gasteiger partial charge in [0.15, 0.2) is 6.10 Å². The highest BCUT2D eigenvalue weighted by Gasteiger charge is 2.27. The van der Waals surface area contributed by atoms with Crippen LogP contribution in [0.15, 0.2) is 54.6 Å². The first-order valence-corrected chi connectivity index (χ1v) is 9.68. The number of carbonyl (C=O) groups excluding carboxylic acids is 2. The maximum absolute atomic E-state index is 12.6. The summed E-state index contributed by atoms with van der Waals surface area (Å²) < 4.78 is 5.72. The highest BCUT2D eigenvalue weighted by Crippen LogP contribution is 2.24. The minimum atomic E-state index is -0.618. The second-order valence-electron chi connectivity index (χ2n) is 6.71. The highest BCUT2D eigenvalue weighted by molar-refractivity contribution is 6.32. The number of ether oxygens (including phenoxy) is 1. The van der Waals surface area contributed by atoms with Gasteiger partial charge in [0.2, 0.25) is 5.91 Å². The molecule has 0 saturated carbocycles. The van der Waals surface area contributed by atoms with Gasteiger partial charge in [0, 0.05) is 31.9 Å². The van der Waals surface area contributed by atoms with E-state index in [0.717, 1.165) is 5.69 Å². The van der Waals surface area contributed by atoms with E-state index in [2.05, 4.69) is 5.32 Å². The van der Waals surface area contributed by atoms with Gasteiger partial charge in [0.25, 0.3) is 5.91 Å². The van der Waals surface area contributed by atoms with Gasteiger partial charge in [0.1, 0.15) is 5.75 Å². The van der Waals surface area contributed by atoms with Gasteiger partial charge in [-0.15, -0.1) is 0 Å². The molecular formula is C21H24ClN3O3. The molecule has 2 aromatic carbocycles. The zero-order chi connectivity index (χ0) is 19.9. The quantitative estimate of drug-likeness (QED) is 0.808. The summed E-state index contributed by atoms with van der Waals surface area (Å²) in [7, 11) is 0. The molecule has 28 heavy (non-hydrogen) atoms. The third-order valence-electron chi connectivity index (χ3n) is 4.60. The molecule has 2 aromatic rings. The van der Waals surface area contributed by atoms with Crippen LogP contribution in [-0.4, -0.2) is 60.4 Å². The summed E-state index contributed by atoms with van der Waals surface area (Å²) in [5, 5.41) is 3.36. The van der Waals surface area contributed by atoms with Crippen LogP contribution in [0.3, 0.4) is 0 Å². The number of carbonyl (C=O) groups is 2. The number of para-hydroxylation sites is 2. The summed E-state index contributed by atoms with van der Waals surface area (Å²) in [6.45, 7) is 4.45. The fraction of sp³-hybridized carbons (Fsp3) is 0.333. The molecule has 0 spiro atoms. The maximum Gasteiger partial charge on any atom is 0.263 e. The minimum Gasteiger partial charge on any atom is -0.479 e. The van der Waals surface area contributed by atoms with Gasteiger partial charge < -0.3 is 15.0 Å². The number of rotatable bonds is 6. The fourth-order valence-corrected chi connectivity index (χ4v) is 3.27. The molecule has 1 heterocycles. The molecule has 1 aliphatic rings. The van der Waals surface area contributed by atoms with Crippen molar-refractivity contribution in [1.82, 2.24) is 9.80 Å². The summed E-state index contributed by atoms with van der Waals surface area (Å²) in [5.41, 5.74) is 0.784. The summed E-state index contributed by atoms with van der Waals surface area (Å²) in [6, 6.07) is 16.5. The van der Waals surface area contributed by atoms with Crippen molar-refractivity contribution in [2.24, 2.45) is 0 Å². The second kappa shape index (κ2) is 9.57. The molecule has 2 amide bonds. The van der Waals surface area contributed by atoms with E-state index >= 15 is 0 Å². The minimum absolute atomic E-state index is 0.0543. The van der Waals surface area contributed by atoms with Crippen molar-refractivity contribution in [3.63, 3.8) is 0 Å². The molecule has 1 atom stereocenters. The first-order valence-electron chi connectivity index (χ1n) is 9.30. The van der Waals surface area contributed by atoms with Gasteiger partial charge in [-0.3, -0.25) is 14.5 Å². The summed E-state index contributed by atoms with van der Waals surface area (Å²) >= 11 is 6.09. The number of hydrogen-bond donors (Lipinski definition) is 1. The average Bonchev–Trinajstić information content (AvgIpc) is 2.70. The third kappa shape index (κ3) is 5.47. The van der Waals surface area contributed by atoms with Crippen LogP contribution in [0.4, 0.5) is 5.69 Å². The maximum atomic E-state index is 12.6. The first-order chi connectivity index (χ1) is 13.5. The molecule has 0 aliphatic carbocycles. The van der Waals surface area contributed by atoms with Crippen molar-refractivity contribution >= 4 is 29.1 Å². The van der Waals surface area contributed by atoms with Crippen molar-refractivity contribution in [2.75, 3.05) is 38.0 Å². The second-order valence-corrected chi connectivity index (χ2v) is 7.11. The molecule has 0 radical (unpaired) electrons. The van der Waals surface area contributed by atoms with E-state index in [9.17, 15) is 9.59 Å². The molecule has 1 fully saturated rings. The van der Waals surface area contributed by atoms with E-state index < -0.39 is 6.10 Å². The Kier molecular flexibility index (Phi) is 6.90. The number of hydrogen-bond acceptors (Lipinski definition) is 4. The topological polar surface area (TPSA) is 61.9 Å². The van der Waals surface area contributed by atoms with Gasteiger partial charge in [-0.05, 0) is 31.2 Å². The monoisotopic (exact) mass is 401 g/mol.